The van der Waals surface area contributed by atoms with E-state index in [1.54, 1.807) is 18.3 Å². The Labute approximate surface area is 211 Å². The molecule has 0 bridgehead atoms. The lowest BCUT2D eigenvalue weighted by molar-refractivity contribution is 0.102. The van der Waals surface area contributed by atoms with Gasteiger partial charge in [-0.3, -0.25) is 14.7 Å². The van der Waals surface area contributed by atoms with E-state index in [4.69, 9.17) is 0 Å². The van der Waals surface area contributed by atoms with E-state index in [-0.39, 0.29) is 17.8 Å². The van der Waals surface area contributed by atoms with Crippen LogP contribution in [0.15, 0.2) is 67.1 Å². The van der Waals surface area contributed by atoms with Crippen molar-refractivity contribution < 1.29 is 9.18 Å². The van der Waals surface area contributed by atoms with Gasteiger partial charge in [-0.25, -0.2) is 9.37 Å². The second-order valence-corrected chi connectivity index (χ2v) is 9.57. The van der Waals surface area contributed by atoms with Crippen molar-refractivity contribution in [3.63, 3.8) is 0 Å². The summed E-state index contributed by atoms with van der Waals surface area (Å²) < 4.78 is 13.5. The minimum absolute atomic E-state index is 0.180. The summed E-state index contributed by atoms with van der Waals surface area (Å²) in [5.74, 6) is -0.448. The van der Waals surface area contributed by atoms with Gasteiger partial charge in [0.25, 0.3) is 5.91 Å². The predicted octanol–water partition coefficient (Wildman–Crippen LogP) is 4.26. The van der Waals surface area contributed by atoms with Crippen molar-refractivity contribution in [2.75, 3.05) is 42.9 Å². The first-order valence-electron chi connectivity index (χ1n) is 12.8. The minimum Gasteiger partial charge on any atom is -0.371 e. The van der Waals surface area contributed by atoms with Gasteiger partial charge < -0.3 is 15.5 Å². The van der Waals surface area contributed by atoms with Crippen LogP contribution in [0.25, 0.3) is 0 Å². The molecule has 8 heteroatoms. The Morgan fingerprint density at radius 1 is 0.972 bits per heavy atom. The highest BCUT2D eigenvalue weighted by molar-refractivity contribution is 6.02. The van der Waals surface area contributed by atoms with Crippen LogP contribution in [0.5, 0.6) is 0 Å². The van der Waals surface area contributed by atoms with Crippen LogP contribution >= 0.6 is 0 Å². The number of nitrogens with one attached hydrogen (secondary N) is 2. The van der Waals surface area contributed by atoms with Gasteiger partial charge in [-0.1, -0.05) is 12.1 Å². The molecular weight excluding hydrogens is 455 g/mol. The van der Waals surface area contributed by atoms with Gasteiger partial charge in [-0.15, -0.1) is 0 Å². The number of nitrogens with zero attached hydrogens (tertiary/aromatic N) is 4. The molecule has 0 spiro atoms. The van der Waals surface area contributed by atoms with E-state index < -0.39 is 0 Å². The molecule has 0 aliphatic carbocycles. The quantitative estimate of drug-likeness (QED) is 0.494. The molecule has 1 amide bonds. The zero-order valence-corrected chi connectivity index (χ0v) is 20.4. The number of aromatic nitrogens is 2. The van der Waals surface area contributed by atoms with Gasteiger partial charge in [0.05, 0.1) is 6.20 Å². The molecule has 3 aromatic rings. The highest BCUT2D eigenvalue weighted by Gasteiger charge is 2.26. The number of piperidine rings is 1. The first kappa shape index (κ1) is 24.3. The van der Waals surface area contributed by atoms with Gasteiger partial charge in [0.15, 0.2) is 0 Å². The van der Waals surface area contributed by atoms with E-state index in [1.165, 1.54) is 30.8 Å². The number of carbonyl (C=O) groups is 1. The maximum Gasteiger partial charge on any atom is 0.275 e. The lowest BCUT2D eigenvalue weighted by Gasteiger charge is -2.36. The van der Waals surface area contributed by atoms with E-state index in [0.29, 0.717) is 11.7 Å². The molecule has 188 valence electrons. The fraction of sp³-hybridized carbons (Fsp3) is 0.393. The van der Waals surface area contributed by atoms with Crippen LogP contribution in [0.2, 0.25) is 0 Å². The summed E-state index contributed by atoms with van der Waals surface area (Å²) in [5, 5.41) is 6.68. The van der Waals surface area contributed by atoms with Gasteiger partial charge in [-0.2, -0.15) is 0 Å². The van der Waals surface area contributed by atoms with Crippen molar-refractivity contribution >= 4 is 17.3 Å². The largest absolute Gasteiger partial charge is 0.371 e. The van der Waals surface area contributed by atoms with Gasteiger partial charge in [0.2, 0.25) is 0 Å². The first-order chi connectivity index (χ1) is 17.7. The van der Waals surface area contributed by atoms with Crippen LogP contribution < -0.4 is 15.5 Å². The predicted molar refractivity (Wildman–Crippen MR) is 140 cm³/mol. The number of likely N-dealkylation sites (tertiary alicyclic amines) is 1. The summed E-state index contributed by atoms with van der Waals surface area (Å²) in [7, 11) is 0. The van der Waals surface area contributed by atoms with Crippen LogP contribution in [-0.2, 0) is 0 Å². The second kappa shape index (κ2) is 11.6. The fourth-order valence-electron chi connectivity index (χ4n) is 5.18. The molecule has 1 aromatic heterocycles. The monoisotopic (exact) mass is 488 g/mol. The molecule has 1 unspecified atom stereocenters. The summed E-state index contributed by atoms with van der Waals surface area (Å²) in [5.41, 5.74) is 3.38. The summed E-state index contributed by atoms with van der Waals surface area (Å²) in [6.45, 7) is 5.06. The number of hydrogen-bond acceptors (Lipinski definition) is 6. The van der Waals surface area contributed by atoms with E-state index in [1.807, 2.05) is 24.3 Å². The molecule has 7 nitrogen and oxygen atoms in total. The number of carbonyl (C=O) groups excluding carboxylic acids is 1. The number of halogens is 1. The lowest BCUT2D eigenvalue weighted by Crippen LogP contribution is -2.45. The molecule has 1 atom stereocenters. The number of rotatable bonds is 8. The molecule has 2 N–H and O–H groups in total. The third kappa shape index (κ3) is 6.06. The maximum absolute atomic E-state index is 13.5. The number of amides is 1. The Bertz CT molecular complexity index is 1110. The molecule has 5 rings (SSSR count). The highest BCUT2D eigenvalue weighted by Crippen LogP contribution is 2.26. The molecule has 2 aliphatic heterocycles. The van der Waals surface area contributed by atoms with Crippen LogP contribution in [-0.4, -0.2) is 59.5 Å². The van der Waals surface area contributed by atoms with Crippen molar-refractivity contribution in [3.8, 4) is 0 Å². The maximum atomic E-state index is 13.5. The van der Waals surface area contributed by atoms with Gasteiger partial charge in [0.1, 0.15) is 11.5 Å². The van der Waals surface area contributed by atoms with Crippen LogP contribution in [0.1, 0.15) is 47.8 Å². The average molecular weight is 489 g/mol. The fourth-order valence-corrected chi connectivity index (χ4v) is 5.18. The van der Waals surface area contributed by atoms with Crippen molar-refractivity contribution in [1.29, 1.82) is 0 Å². The van der Waals surface area contributed by atoms with Crippen molar-refractivity contribution in [2.45, 2.75) is 37.8 Å². The smallest absolute Gasteiger partial charge is 0.275 e. The molecule has 0 saturated carbocycles. The molecule has 36 heavy (non-hydrogen) atoms. The summed E-state index contributed by atoms with van der Waals surface area (Å²) in [6, 6.07) is 15.7. The Hall–Kier alpha value is -3.36. The number of hydrogen-bond donors (Lipinski definition) is 2. The van der Waals surface area contributed by atoms with E-state index >= 15 is 0 Å². The Morgan fingerprint density at radius 3 is 2.36 bits per heavy atom. The minimum atomic E-state index is -0.268. The van der Waals surface area contributed by atoms with Crippen molar-refractivity contribution in [3.05, 3.63) is 84.2 Å². The van der Waals surface area contributed by atoms with Crippen molar-refractivity contribution in [2.24, 2.45) is 0 Å². The SMILES string of the molecule is O=C(Nc1ccc(N2CCC(NCC(c3ccc(F)cc3)N3CCCC3)CC2)cc1)c1cnccn1. The molecular formula is C28H33FN6O. The summed E-state index contributed by atoms with van der Waals surface area (Å²) >= 11 is 0. The van der Waals surface area contributed by atoms with Gasteiger partial charge in [-0.05, 0) is 80.7 Å². The normalized spacial score (nSPS) is 17.8. The number of benzene rings is 2. The van der Waals surface area contributed by atoms with Crippen LogP contribution in [0.4, 0.5) is 15.8 Å². The van der Waals surface area contributed by atoms with Crippen molar-refractivity contribution in [1.82, 2.24) is 20.2 Å². The lowest BCUT2D eigenvalue weighted by atomic mass is 10.0. The average Bonchev–Trinajstić information content (AvgIpc) is 3.46. The van der Waals surface area contributed by atoms with Gasteiger partial charge >= 0.3 is 0 Å². The van der Waals surface area contributed by atoms with Crippen LogP contribution in [0.3, 0.4) is 0 Å². The molecule has 2 fully saturated rings. The Morgan fingerprint density at radius 2 is 1.69 bits per heavy atom. The number of anilines is 2. The van der Waals surface area contributed by atoms with Crippen LogP contribution in [0, 0.1) is 5.82 Å². The molecule has 2 aliphatic rings. The second-order valence-electron chi connectivity index (χ2n) is 9.57. The highest BCUT2D eigenvalue weighted by atomic mass is 19.1. The Balaban J connectivity index is 1.12. The topological polar surface area (TPSA) is 73.4 Å². The zero-order valence-electron chi connectivity index (χ0n) is 20.4. The standard InChI is InChI=1S/C28H33FN6O/c29-22-5-3-21(4-6-22)27(35-15-1-2-16-35)20-32-23-11-17-34(18-12-23)25-9-7-24(8-10-25)33-28(36)26-19-30-13-14-31-26/h3-10,13-14,19,23,27,32H,1-2,11-12,15-18,20H2,(H,33,36). The third-order valence-electron chi connectivity index (χ3n) is 7.22. The molecule has 2 saturated heterocycles. The summed E-state index contributed by atoms with van der Waals surface area (Å²) in [6.07, 6.45) is 9.11. The zero-order chi connectivity index (χ0) is 24.7. The molecule has 0 radical (unpaired) electrons. The van der Waals surface area contributed by atoms with E-state index in [0.717, 1.165) is 56.9 Å². The van der Waals surface area contributed by atoms with E-state index in [2.05, 4.69) is 42.5 Å². The van der Waals surface area contributed by atoms with Gasteiger partial charge in [0, 0.05) is 55.5 Å². The molecule has 3 heterocycles. The molecule has 2 aromatic carbocycles. The Kier molecular flexibility index (Phi) is 7.83. The van der Waals surface area contributed by atoms with E-state index in [9.17, 15) is 9.18 Å². The first-order valence-corrected chi connectivity index (χ1v) is 12.8. The summed E-state index contributed by atoms with van der Waals surface area (Å²) in [4.78, 5) is 25.2. The third-order valence-corrected chi connectivity index (χ3v) is 7.22.